The molecule has 24 heavy (non-hydrogen) atoms. The number of ether oxygens (including phenoxy) is 1. The van der Waals surface area contributed by atoms with Crippen LogP contribution in [0, 0.1) is 6.92 Å². The molecule has 0 radical (unpaired) electrons. The molecule has 1 saturated heterocycles. The van der Waals surface area contributed by atoms with Crippen molar-refractivity contribution in [2.75, 3.05) is 13.2 Å². The van der Waals surface area contributed by atoms with Gasteiger partial charge in [-0.05, 0) is 38.7 Å². The van der Waals surface area contributed by atoms with Crippen molar-refractivity contribution in [1.82, 2.24) is 9.88 Å². The molecule has 2 atom stereocenters. The smallest absolute Gasteiger partial charge is 0.271 e. The average Bonchev–Trinajstić information content (AvgIpc) is 2.90. The molecule has 1 aromatic heterocycles. The van der Waals surface area contributed by atoms with Crippen molar-refractivity contribution in [1.29, 1.82) is 0 Å². The fraction of sp³-hybridized carbons (Fsp3) is 0.684. The Morgan fingerprint density at radius 1 is 1.29 bits per heavy atom. The fourth-order valence-electron chi connectivity index (χ4n) is 4.33. The third-order valence-corrected chi connectivity index (χ3v) is 5.35. The number of carbonyl (C=O) groups excluding carboxylic acids is 2. The van der Waals surface area contributed by atoms with Gasteiger partial charge in [0.05, 0.1) is 18.8 Å². The van der Waals surface area contributed by atoms with E-state index >= 15 is 0 Å². The number of aromatic nitrogens is 1. The van der Waals surface area contributed by atoms with Gasteiger partial charge < -0.3 is 14.6 Å². The molecule has 5 heteroatoms. The van der Waals surface area contributed by atoms with Crippen molar-refractivity contribution in [3.05, 3.63) is 22.5 Å². The molecule has 1 aliphatic heterocycles. The lowest BCUT2D eigenvalue weighted by Gasteiger charge is -2.43. The predicted octanol–water partition coefficient (Wildman–Crippen LogP) is 3.26. The van der Waals surface area contributed by atoms with Crippen LogP contribution in [0.1, 0.15) is 78.1 Å². The summed E-state index contributed by atoms with van der Waals surface area (Å²) < 4.78 is 5.88. The minimum absolute atomic E-state index is 0.0313. The molecule has 1 saturated carbocycles. The van der Waals surface area contributed by atoms with Crippen LogP contribution in [0.5, 0.6) is 0 Å². The van der Waals surface area contributed by atoms with Crippen molar-refractivity contribution in [3.63, 3.8) is 0 Å². The van der Waals surface area contributed by atoms with Gasteiger partial charge >= 0.3 is 0 Å². The number of aromatic amines is 1. The normalized spacial score (nSPS) is 23.9. The van der Waals surface area contributed by atoms with E-state index in [0.29, 0.717) is 24.4 Å². The fourth-order valence-corrected chi connectivity index (χ4v) is 4.33. The summed E-state index contributed by atoms with van der Waals surface area (Å²) in [6.45, 7) is 6.78. The molecule has 0 bridgehead atoms. The highest BCUT2D eigenvalue weighted by Gasteiger charge is 2.38. The maximum absolute atomic E-state index is 13.3. The third kappa shape index (κ3) is 3.02. The van der Waals surface area contributed by atoms with E-state index in [1.54, 1.807) is 6.92 Å². The maximum atomic E-state index is 13.3. The number of hydrogen-bond acceptors (Lipinski definition) is 3. The number of nitrogens with zero attached hydrogens (tertiary/aromatic N) is 1. The first-order valence-corrected chi connectivity index (χ1v) is 9.19. The molecule has 5 nitrogen and oxygen atoms in total. The zero-order chi connectivity index (χ0) is 17.3. The summed E-state index contributed by atoms with van der Waals surface area (Å²) in [6.07, 6.45) is 6.22. The number of nitrogens with one attached hydrogen (secondary N) is 1. The van der Waals surface area contributed by atoms with Gasteiger partial charge in [0, 0.05) is 17.8 Å². The number of amides is 1. The highest BCUT2D eigenvalue weighted by atomic mass is 16.5. The summed E-state index contributed by atoms with van der Waals surface area (Å²) in [5, 5.41) is 0. The van der Waals surface area contributed by atoms with Crippen LogP contribution in [0.15, 0.2) is 0 Å². The van der Waals surface area contributed by atoms with Crippen LogP contribution < -0.4 is 0 Å². The minimum Gasteiger partial charge on any atom is -0.374 e. The van der Waals surface area contributed by atoms with Crippen molar-refractivity contribution in [2.45, 2.75) is 71.4 Å². The van der Waals surface area contributed by atoms with Gasteiger partial charge in [0.1, 0.15) is 5.69 Å². The molecule has 132 valence electrons. The van der Waals surface area contributed by atoms with E-state index in [4.69, 9.17) is 4.74 Å². The molecule has 2 aliphatic rings. The number of fused-ring (bicyclic) bond motifs is 1. The second kappa shape index (κ2) is 7.09. The summed E-state index contributed by atoms with van der Waals surface area (Å²) in [5.41, 5.74) is 3.02. The molecule has 0 aromatic carbocycles. The first-order chi connectivity index (χ1) is 11.5. The molecule has 1 aromatic rings. The first kappa shape index (κ1) is 17.2. The molecular formula is C19H28N2O3. The molecule has 1 N–H and O–H groups in total. The Morgan fingerprint density at radius 2 is 2.04 bits per heavy atom. The molecular weight excluding hydrogens is 304 g/mol. The lowest BCUT2D eigenvalue weighted by atomic mass is 9.89. The summed E-state index contributed by atoms with van der Waals surface area (Å²) in [6, 6.07) is 0.180. The van der Waals surface area contributed by atoms with Gasteiger partial charge in [0.15, 0.2) is 5.78 Å². The lowest BCUT2D eigenvalue weighted by molar-refractivity contribution is -0.0754. The Labute approximate surface area is 143 Å². The van der Waals surface area contributed by atoms with Crippen LogP contribution in [-0.4, -0.2) is 46.9 Å². The Kier molecular flexibility index (Phi) is 5.09. The maximum Gasteiger partial charge on any atom is 0.271 e. The zero-order valence-electron chi connectivity index (χ0n) is 15.0. The summed E-state index contributed by atoms with van der Waals surface area (Å²) in [7, 11) is 0. The van der Waals surface area contributed by atoms with Crippen molar-refractivity contribution < 1.29 is 14.3 Å². The van der Waals surface area contributed by atoms with Crippen molar-refractivity contribution in [3.8, 4) is 0 Å². The molecule has 1 amide bonds. The highest BCUT2D eigenvalue weighted by molar-refractivity contribution is 6.02. The Balaban J connectivity index is 1.94. The van der Waals surface area contributed by atoms with Crippen LogP contribution in [-0.2, 0) is 11.2 Å². The number of aryl methyl sites for hydroxylation is 1. The van der Waals surface area contributed by atoms with Gasteiger partial charge in [-0.2, -0.15) is 0 Å². The van der Waals surface area contributed by atoms with Gasteiger partial charge in [-0.1, -0.05) is 26.2 Å². The summed E-state index contributed by atoms with van der Waals surface area (Å²) in [4.78, 5) is 30.5. The molecule has 3 rings (SSSR count). The summed E-state index contributed by atoms with van der Waals surface area (Å²) >= 11 is 0. The Bertz CT molecular complexity index is 633. The van der Waals surface area contributed by atoms with E-state index in [2.05, 4.69) is 11.9 Å². The van der Waals surface area contributed by atoms with E-state index in [1.807, 2.05) is 11.8 Å². The monoisotopic (exact) mass is 332 g/mol. The number of H-pyrrole nitrogens is 1. The van der Waals surface area contributed by atoms with Crippen LogP contribution in [0.3, 0.4) is 0 Å². The zero-order valence-corrected chi connectivity index (χ0v) is 15.0. The molecule has 0 unspecified atom stereocenters. The Morgan fingerprint density at radius 3 is 2.75 bits per heavy atom. The molecule has 0 spiro atoms. The number of morpholine rings is 1. The lowest BCUT2D eigenvalue weighted by Crippen LogP contribution is -2.55. The number of ketones is 1. The highest BCUT2D eigenvalue weighted by Crippen LogP contribution is 2.31. The number of Topliss-reactive ketones (excluding diaryl/α,β-unsaturated/α-hetero) is 1. The van der Waals surface area contributed by atoms with Gasteiger partial charge in [-0.3, -0.25) is 9.59 Å². The van der Waals surface area contributed by atoms with Crippen molar-refractivity contribution >= 4 is 11.7 Å². The second-order valence-electron chi connectivity index (χ2n) is 7.04. The number of carbonyl (C=O) groups is 2. The molecule has 1 aliphatic carbocycles. The average molecular weight is 332 g/mol. The van der Waals surface area contributed by atoms with Gasteiger partial charge in [-0.15, -0.1) is 0 Å². The van der Waals surface area contributed by atoms with Gasteiger partial charge in [0.2, 0.25) is 0 Å². The largest absolute Gasteiger partial charge is 0.374 e. The van der Waals surface area contributed by atoms with E-state index in [-0.39, 0.29) is 23.8 Å². The van der Waals surface area contributed by atoms with E-state index in [0.717, 1.165) is 43.4 Å². The number of rotatable bonds is 4. The Hall–Kier alpha value is -1.62. The van der Waals surface area contributed by atoms with Crippen LogP contribution in [0.4, 0.5) is 0 Å². The summed E-state index contributed by atoms with van der Waals surface area (Å²) in [5.74, 6) is 0.0676. The SMILES string of the molecule is CCCc1c(C(=O)N2CCO[C@H]3CCCC[C@@H]32)[nH]c(C)c1C(C)=O. The molecule has 2 fully saturated rings. The molecule has 2 heterocycles. The quantitative estimate of drug-likeness (QED) is 0.861. The van der Waals surface area contributed by atoms with Crippen LogP contribution in [0.25, 0.3) is 0 Å². The van der Waals surface area contributed by atoms with Crippen LogP contribution in [0.2, 0.25) is 0 Å². The van der Waals surface area contributed by atoms with E-state index < -0.39 is 0 Å². The van der Waals surface area contributed by atoms with Gasteiger partial charge in [0.25, 0.3) is 5.91 Å². The minimum atomic E-state index is 0.0313. The second-order valence-corrected chi connectivity index (χ2v) is 7.04. The van der Waals surface area contributed by atoms with E-state index in [1.165, 1.54) is 6.42 Å². The van der Waals surface area contributed by atoms with E-state index in [9.17, 15) is 9.59 Å². The van der Waals surface area contributed by atoms with Crippen molar-refractivity contribution in [2.24, 2.45) is 0 Å². The topological polar surface area (TPSA) is 62.4 Å². The standard InChI is InChI=1S/C19H28N2O3/c1-4-7-14-17(13(3)22)12(2)20-18(14)19(23)21-10-11-24-16-9-6-5-8-15(16)21/h15-16,20H,4-11H2,1-3H3/t15-,16-/m0/s1. The van der Waals surface area contributed by atoms with Crippen LogP contribution >= 0.6 is 0 Å². The predicted molar refractivity (Wildman–Crippen MR) is 92.6 cm³/mol. The first-order valence-electron chi connectivity index (χ1n) is 9.19. The number of hydrogen-bond donors (Lipinski definition) is 1. The third-order valence-electron chi connectivity index (χ3n) is 5.35. The van der Waals surface area contributed by atoms with Gasteiger partial charge in [-0.25, -0.2) is 0 Å².